The van der Waals surface area contributed by atoms with Gasteiger partial charge in [-0.05, 0) is 35.1 Å². The zero-order valence-corrected chi connectivity index (χ0v) is 12.4. The maximum absolute atomic E-state index is 12.1. The molecule has 0 radical (unpaired) electrons. The SMILES string of the molecule is CCCCC(=O)N[C@H]1Cc2ccccc2-c2ccccc21. The summed E-state index contributed by atoms with van der Waals surface area (Å²) in [6.07, 6.45) is 3.51. The molecule has 2 heteroatoms. The average molecular weight is 279 g/mol. The molecule has 0 saturated heterocycles. The number of fused-ring (bicyclic) bond motifs is 3. The van der Waals surface area contributed by atoms with Gasteiger partial charge in [-0.15, -0.1) is 0 Å². The van der Waals surface area contributed by atoms with Crippen molar-refractivity contribution in [3.05, 3.63) is 59.7 Å². The first kappa shape index (κ1) is 13.9. The smallest absolute Gasteiger partial charge is 0.220 e. The minimum absolute atomic E-state index is 0.0976. The molecule has 1 aliphatic rings. The fourth-order valence-corrected chi connectivity index (χ4v) is 3.07. The predicted octanol–water partition coefficient (Wildman–Crippen LogP) is 4.26. The van der Waals surface area contributed by atoms with Gasteiger partial charge in [-0.25, -0.2) is 0 Å². The van der Waals surface area contributed by atoms with Crippen LogP contribution in [0.3, 0.4) is 0 Å². The molecule has 108 valence electrons. The monoisotopic (exact) mass is 279 g/mol. The van der Waals surface area contributed by atoms with Crippen LogP contribution in [0.25, 0.3) is 11.1 Å². The molecule has 3 rings (SSSR count). The van der Waals surface area contributed by atoms with E-state index in [1.807, 2.05) is 0 Å². The number of hydrogen-bond acceptors (Lipinski definition) is 1. The number of unbranched alkanes of at least 4 members (excludes halogenated alkanes) is 1. The van der Waals surface area contributed by atoms with Gasteiger partial charge in [0.25, 0.3) is 0 Å². The van der Waals surface area contributed by atoms with Crippen LogP contribution in [0.4, 0.5) is 0 Å². The topological polar surface area (TPSA) is 29.1 Å². The molecule has 0 unspecified atom stereocenters. The maximum atomic E-state index is 12.1. The number of carbonyl (C=O) groups is 1. The van der Waals surface area contributed by atoms with E-state index in [1.54, 1.807) is 0 Å². The highest BCUT2D eigenvalue weighted by Gasteiger charge is 2.24. The van der Waals surface area contributed by atoms with Crippen molar-refractivity contribution >= 4 is 5.91 Å². The Bertz CT molecular complexity index is 648. The van der Waals surface area contributed by atoms with E-state index in [2.05, 4.69) is 60.8 Å². The minimum atomic E-state index is 0.0976. The van der Waals surface area contributed by atoms with E-state index in [1.165, 1.54) is 22.3 Å². The lowest BCUT2D eigenvalue weighted by Crippen LogP contribution is -2.31. The third-order valence-corrected chi connectivity index (χ3v) is 4.16. The molecule has 0 fully saturated rings. The van der Waals surface area contributed by atoms with Crippen molar-refractivity contribution in [3.63, 3.8) is 0 Å². The van der Waals surface area contributed by atoms with Crippen molar-refractivity contribution in [1.29, 1.82) is 0 Å². The minimum Gasteiger partial charge on any atom is -0.349 e. The van der Waals surface area contributed by atoms with Crippen LogP contribution in [0.5, 0.6) is 0 Å². The van der Waals surface area contributed by atoms with E-state index in [0.29, 0.717) is 6.42 Å². The second-order valence-corrected chi connectivity index (χ2v) is 5.67. The molecule has 2 nitrogen and oxygen atoms in total. The Kier molecular flexibility index (Phi) is 4.05. The lowest BCUT2D eigenvalue weighted by Gasteiger charge is -2.28. The van der Waals surface area contributed by atoms with Crippen LogP contribution in [0.2, 0.25) is 0 Å². The predicted molar refractivity (Wildman–Crippen MR) is 86.0 cm³/mol. The molecule has 1 aliphatic carbocycles. The van der Waals surface area contributed by atoms with Gasteiger partial charge in [-0.2, -0.15) is 0 Å². The Hall–Kier alpha value is -2.09. The molecule has 0 spiro atoms. The highest BCUT2D eigenvalue weighted by atomic mass is 16.1. The Labute approximate surface area is 126 Å². The van der Waals surface area contributed by atoms with E-state index < -0.39 is 0 Å². The fraction of sp³-hybridized carbons (Fsp3) is 0.316. The number of rotatable bonds is 4. The van der Waals surface area contributed by atoms with Crippen molar-refractivity contribution in [2.75, 3.05) is 0 Å². The maximum Gasteiger partial charge on any atom is 0.220 e. The van der Waals surface area contributed by atoms with Crippen LogP contribution in [-0.2, 0) is 11.2 Å². The molecule has 21 heavy (non-hydrogen) atoms. The summed E-state index contributed by atoms with van der Waals surface area (Å²) in [5, 5.41) is 3.21. The number of nitrogens with one attached hydrogen (secondary N) is 1. The Morgan fingerprint density at radius 3 is 2.62 bits per heavy atom. The largest absolute Gasteiger partial charge is 0.349 e. The highest BCUT2D eigenvalue weighted by Crippen LogP contribution is 2.38. The molecular formula is C19H21NO. The third kappa shape index (κ3) is 2.85. The second kappa shape index (κ2) is 6.13. The van der Waals surface area contributed by atoms with Crippen molar-refractivity contribution < 1.29 is 4.79 Å². The van der Waals surface area contributed by atoms with Crippen molar-refractivity contribution in [2.45, 2.75) is 38.6 Å². The van der Waals surface area contributed by atoms with Crippen LogP contribution in [-0.4, -0.2) is 5.91 Å². The van der Waals surface area contributed by atoms with Gasteiger partial charge >= 0.3 is 0 Å². The lowest BCUT2D eigenvalue weighted by atomic mass is 9.82. The van der Waals surface area contributed by atoms with E-state index in [-0.39, 0.29) is 11.9 Å². The summed E-state index contributed by atoms with van der Waals surface area (Å²) in [7, 11) is 0. The number of amides is 1. The van der Waals surface area contributed by atoms with Crippen LogP contribution < -0.4 is 5.32 Å². The molecule has 0 saturated carbocycles. The highest BCUT2D eigenvalue weighted by molar-refractivity contribution is 5.79. The van der Waals surface area contributed by atoms with Crippen LogP contribution in [0, 0.1) is 0 Å². The summed E-state index contributed by atoms with van der Waals surface area (Å²) in [5.74, 6) is 0.163. The summed E-state index contributed by atoms with van der Waals surface area (Å²) < 4.78 is 0. The van der Waals surface area contributed by atoms with Crippen LogP contribution in [0.15, 0.2) is 48.5 Å². The first-order chi connectivity index (χ1) is 10.3. The first-order valence-corrected chi connectivity index (χ1v) is 7.76. The second-order valence-electron chi connectivity index (χ2n) is 5.67. The summed E-state index contributed by atoms with van der Waals surface area (Å²) in [6, 6.07) is 17.0. The quantitative estimate of drug-likeness (QED) is 0.890. The van der Waals surface area contributed by atoms with Crippen molar-refractivity contribution in [3.8, 4) is 11.1 Å². The van der Waals surface area contributed by atoms with E-state index in [0.717, 1.165) is 19.3 Å². The van der Waals surface area contributed by atoms with Gasteiger partial charge in [0.2, 0.25) is 5.91 Å². The third-order valence-electron chi connectivity index (χ3n) is 4.16. The molecule has 0 heterocycles. The van der Waals surface area contributed by atoms with Crippen molar-refractivity contribution in [1.82, 2.24) is 5.32 Å². The molecule has 2 aromatic carbocycles. The zero-order chi connectivity index (χ0) is 14.7. The number of hydrogen-bond donors (Lipinski definition) is 1. The Morgan fingerprint density at radius 2 is 1.81 bits per heavy atom. The van der Waals surface area contributed by atoms with Gasteiger partial charge in [-0.3, -0.25) is 4.79 Å². The fourth-order valence-electron chi connectivity index (χ4n) is 3.07. The summed E-state index contributed by atoms with van der Waals surface area (Å²) in [6.45, 7) is 2.11. The van der Waals surface area contributed by atoms with Gasteiger partial charge in [0.1, 0.15) is 0 Å². The van der Waals surface area contributed by atoms with Gasteiger partial charge < -0.3 is 5.32 Å². The normalized spacial score (nSPS) is 16.0. The molecular weight excluding hydrogens is 258 g/mol. The molecule has 1 atom stereocenters. The first-order valence-electron chi connectivity index (χ1n) is 7.76. The van der Waals surface area contributed by atoms with E-state index in [4.69, 9.17) is 0 Å². The Balaban J connectivity index is 1.89. The molecule has 1 amide bonds. The number of carbonyl (C=O) groups excluding carboxylic acids is 1. The van der Waals surface area contributed by atoms with Gasteiger partial charge in [0, 0.05) is 6.42 Å². The summed E-state index contributed by atoms with van der Waals surface area (Å²) in [5.41, 5.74) is 5.10. The molecule has 1 N–H and O–H groups in total. The molecule has 0 bridgehead atoms. The lowest BCUT2D eigenvalue weighted by molar-refractivity contribution is -0.121. The molecule has 0 aromatic heterocycles. The summed E-state index contributed by atoms with van der Waals surface area (Å²) in [4.78, 5) is 12.1. The van der Waals surface area contributed by atoms with Gasteiger partial charge in [0.05, 0.1) is 6.04 Å². The van der Waals surface area contributed by atoms with Crippen LogP contribution in [0.1, 0.15) is 43.4 Å². The standard InChI is InChI=1S/C19H21NO/c1-2-3-12-19(21)20-18-13-14-8-4-5-9-15(14)16-10-6-7-11-17(16)18/h4-11,18H,2-3,12-13H2,1H3,(H,20,21)/t18-/m0/s1. The zero-order valence-electron chi connectivity index (χ0n) is 12.4. The van der Waals surface area contributed by atoms with Crippen LogP contribution >= 0.6 is 0 Å². The number of benzene rings is 2. The molecule has 2 aromatic rings. The van der Waals surface area contributed by atoms with Crippen molar-refractivity contribution in [2.24, 2.45) is 0 Å². The average Bonchev–Trinajstić information content (AvgIpc) is 2.53. The van der Waals surface area contributed by atoms with E-state index in [9.17, 15) is 4.79 Å². The summed E-state index contributed by atoms with van der Waals surface area (Å²) >= 11 is 0. The van der Waals surface area contributed by atoms with E-state index >= 15 is 0 Å². The van der Waals surface area contributed by atoms with Gasteiger partial charge in [0.15, 0.2) is 0 Å². The van der Waals surface area contributed by atoms with Gasteiger partial charge in [-0.1, -0.05) is 61.9 Å². The Morgan fingerprint density at radius 1 is 1.10 bits per heavy atom. The molecule has 0 aliphatic heterocycles.